The maximum Gasteiger partial charge on any atom is 0.264 e. The number of unbranched alkanes of at least 4 members (excludes halogenated alkanes) is 1. The zero-order valence-electron chi connectivity index (χ0n) is 22.0. The molecule has 10 heteroatoms. The van der Waals surface area contributed by atoms with Crippen LogP contribution in [-0.4, -0.2) is 44.3 Å². The average molecular weight is 635 g/mol. The molecular formula is C29H33BrClN3O4S. The molecular weight excluding hydrogens is 602 g/mol. The molecule has 0 aliphatic rings. The maximum absolute atomic E-state index is 14.0. The summed E-state index contributed by atoms with van der Waals surface area (Å²) < 4.78 is 29.4. The van der Waals surface area contributed by atoms with Gasteiger partial charge in [0.2, 0.25) is 11.8 Å². The van der Waals surface area contributed by atoms with E-state index in [-0.39, 0.29) is 17.3 Å². The second kappa shape index (κ2) is 14.5. The molecule has 0 aliphatic carbocycles. The van der Waals surface area contributed by atoms with Gasteiger partial charge in [0.1, 0.15) is 12.6 Å². The second-order valence-electron chi connectivity index (χ2n) is 8.98. The van der Waals surface area contributed by atoms with E-state index >= 15 is 0 Å². The van der Waals surface area contributed by atoms with Gasteiger partial charge in [-0.25, -0.2) is 8.42 Å². The topological polar surface area (TPSA) is 86.8 Å². The summed E-state index contributed by atoms with van der Waals surface area (Å²) in [5.41, 5.74) is 0.988. The summed E-state index contributed by atoms with van der Waals surface area (Å²) in [5.74, 6) is -0.803. The molecule has 0 saturated heterocycles. The molecule has 0 aliphatic heterocycles. The summed E-state index contributed by atoms with van der Waals surface area (Å²) in [6.45, 7) is 3.90. The van der Waals surface area contributed by atoms with Crippen molar-refractivity contribution in [2.75, 3.05) is 17.4 Å². The van der Waals surface area contributed by atoms with Gasteiger partial charge in [0.25, 0.3) is 10.0 Å². The monoisotopic (exact) mass is 633 g/mol. The van der Waals surface area contributed by atoms with E-state index in [2.05, 4.69) is 21.2 Å². The molecule has 0 spiro atoms. The third-order valence-electron chi connectivity index (χ3n) is 6.24. The molecule has 39 heavy (non-hydrogen) atoms. The molecule has 0 heterocycles. The molecule has 0 fully saturated rings. The first-order chi connectivity index (χ1) is 18.7. The highest BCUT2D eigenvalue weighted by molar-refractivity contribution is 9.10. The smallest absolute Gasteiger partial charge is 0.264 e. The molecule has 0 saturated carbocycles. The average Bonchev–Trinajstić information content (AvgIpc) is 2.93. The van der Waals surface area contributed by atoms with Crippen LogP contribution in [0.4, 0.5) is 5.69 Å². The van der Waals surface area contributed by atoms with Crippen molar-refractivity contribution in [3.8, 4) is 0 Å². The van der Waals surface area contributed by atoms with Crippen LogP contribution in [0.15, 0.2) is 88.2 Å². The van der Waals surface area contributed by atoms with Crippen LogP contribution in [0.3, 0.4) is 0 Å². The Labute approximate surface area is 244 Å². The van der Waals surface area contributed by atoms with Crippen LogP contribution in [0.25, 0.3) is 0 Å². The summed E-state index contributed by atoms with van der Waals surface area (Å²) in [4.78, 5) is 28.7. The van der Waals surface area contributed by atoms with Crippen LogP contribution < -0.4 is 9.62 Å². The molecule has 0 radical (unpaired) electrons. The van der Waals surface area contributed by atoms with Crippen molar-refractivity contribution in [2.45, 2.75) is 50.6 Å². The van der Waals surface area contributed by atoms with E-state index < -0.39 is 28.5 Å². The van der Waals surface area contributed by atoms with E-state index in [1.807, 2.05) is 13.8 Å². The number of nitrogens with zero attached hydrogens (tertiary/aromatic N) is 2. The fourth-order valence-corrected chi connectivity index (χ4v) is 5.99. The number of rotatable bonds is 13. The molecule has 3 aromatic rings. The number of carbonyl (C=O) groups excluding carboxylic acids is 2. The van der Waals surface area contributed by atoms with Gasteiger partial charge in [0, 0.05) is 22.6 Å². The Kier molecular flexibility index (Phi) is 11.4. The molecule has 0 aromatic heterocycles. The van der Waals surface area contributed by atoms with Crippen LogP contribution >= 0.6 is 27.5 Å². The van der Waals surface area contributed by atoms with E-state index in [0.717, 1.165) is 21.6 Å². The van der Waals surface area contributed by atoms with Crippen molar-refractivity contribution < 1.29 is 18.0 Å². The van der Waals surface area contributed by atoms with Crippen LogP contribution in [0.1, 0.15) is 38.7 Å². The minimum Gasteiger partial charge on any atom is -0.354 e. The number of hydrogen-bond donors (Lipinski definition) is 1. The highest BCUT2D eigenvalue weighted by Crippen LogP contribution is 2.27. The lowest BCUT2D eigenvalue weighted by Gasteiger charge is -2.33. The van der Waals surface area contributed by atoms with Crippen molar-refractivity contribution in [3.63, 3.8) is 0 Å². The van der Waals surface area contributed by atoms with Gasteiger partial charge in [-0.05, 0) is 60.9 Å². The number of amides is 2. The first kappa shape index (κ1) is 30.7. The van der Waals surface area contributed by atoms with Gasteiger partial charge in [-0.3, -0.25) is 13.9 Å². The molecule has 2 amide bonds. The summed E-state index contributed by atoms with van der Waals surface area (Å²) in [5, 5.41) is 3.37. The van der Waals surface area contributed by atoms with Crippen molar-refractivity contribution in [1.82, 2.24) is 10.2 Å². The zero-order chi connectivity index (χ0) is 28.4. The van der Waals surface area contributed by atoms with Gasteiger partial charge in [-0.1, -0.05) is 84.2 Å². The van der Waals surface area contributed by atoms with Crippen LogP contribution in [0.5, 0.6) is 0 Å². The van der Waals surface area contributed by atoms with Gasteiger partial charge >= 0.3 is 0 Å². The lowest BCUT2D eigenvalue weighted by molar-refractivity contribution is -0.140. The van der Waals surface area contributed by atoms with Crippen molar-refractivity contribution >= 4 is 55.1 Å². The van der Waals surface area contributed by atoms with Gasteiger partial charge in [-0.15, -0.1) is 0 Å². The minimum atomic E-state index is -4.10. The Balaban J connectivity index is 2.02. The van der Waals surface area contributed by atoms with Gasteiger partial charge < -0.3 is 10.2 Å². The van der Waals surface area contributed by atoms with Gasteiger partial charge in [0.05, 0.1) is 10.6 Å². The number of nitrogens with one attached hydrogen (secondary N) is 1. The largest absolute Gasteiger partial charge is 0.354 e. The van der Waals surface area contributed by atoms with E-state index in [9.17, 15) is 18.0 Å². The predicted molar refractivity (Wildman–Crippen MR) is 159 cm³/mol. The van der Waals surface area contributed by atoms with Crippen molar-refractivity contribution in [1.29, 1.82) is 0 Å². The highest BCUT2D eigenvalue weighted by Gasteiger charge is 2.33. The number of halogens is 2. The Hall–Kier alpha value is -2.88. The van der Waals surface area contributed by atoms with Crippen molar-refractivity contribution in [2.24, 2.45) is 0 Å². The molecule has 1 atom stereocenters. The fraction of sp³-hybridized carbons (Fsp3) is 0.310. The first-order valence-corrected chi connectivity index (χ1v) is 15.4. The highest BCUT2D eigenvalue weighted by atomic mass is 79.9. The van der Waals surface area contributed by atoms with Crippen LogP contribution in [-0.2, 0) is 26.2 Å². The molecule has 208 valence electrons. The summed E-state index contributed by atoms with van der Waals surface area (Å²) in [7, 11) is -4.10. The number of hydrogen-bond acceptors (Lipinski definition) is 4. The third kappa shape index (κ3) is 8.06. The zero-order valence-corrected chi connectivity index (χ0v) is 25.2. The number of anilines is 1. The van der Waals surface area contributed by atoms with E-state index in [4.69, 9.17) is 11.6 Å². The molecule has 7 nitrogen and oxygen atoms in total. The normalized spacial score (nSPS) is 12.0. The fourth-order valence-electron chi connectivity index (χ4n) is 4.09. The minimum absolute atomic E-state index is 0.0533. The van der Waals surface area contributed by atoms with Crippen LogP contribution in [0, 0.1) is 0 Å². The Bertz CT molecular complexity index is 1350. The quantitative estimate of drug-likeness (QED) is 0.233. The third-order valence-corrected chi connectivity index (χ3v) is 8.92. The molecule has 3 aromatic carbocycles. The second-order valence-corrected chi connectivity index (χ2v) is 12.2. The number of sulfonamides is 1. The van der Waals surface area contributed by atoms with Crippen LogP contribution in [0.2, 0.25) is 5.02 Å². The van der Waals surface area contributed by atoms with Gasteiger partial charge in [-0.2, -0.15) is 0 Å². The van der Waals surface area contributed by atoms with E-state index in [0.29, 0.717) is 29.2 Å². The lowest BCUT2D eigenvalue weighted by Crippen LogP contribution is -2.52. The maximum atomic E-state index is 14.0. The Morgan fingerprint density at radius 3 is 2.21 bits per heavy atom. The summed E-state index contributed by atoms with van der Waals surface area (Å²) in [6.07, 6.45) is 2.07. The number of carbonyl (C=O) groups is 2. The Morgan fingerprint density at radius 1 is 0.949 bits per heavy atom. The molecule has 3 rings (SSSR count). The summed E-state index contributed by atoms with van der Waals surface area (Å²) in [6, 6.07) is 20.9. The first-order valence-electron chi connectivity index (χ1n) is 12.8. The standard InChI is InChI=1S/C29H33BrClN3O4S/c1-3-5-19-32-29(36)27(4-2)33(20-22-11-9-10-14-26(22)31)28(35)21-34(24-17-15-23(30)16-18-24)39(37,38)25-12-7-6-8-13-25/h6-18,27H,3-5,19-21H2,1-2H3,(H,32,36)/t27-/m0/s1. The Morgan fingerprint density at radius 2 is 1.59 bits per heavy atom. The SMILES string of the molecule is CCCCNC(=O)[C@H](CC)N(Cc1ccccc1Cl)C(=O)CN(c1ccc(Br)cc1)S(=O)(=O)c1ccccc1. The lowest BCUT2D eigenvalue weighted by atomic mass is 10.1. The molecule has 0 unspecified atom stereocenters. The number of benzene rings is 3. The van der Waals surface area contributed by atoms with E-state index in [1.165, 1.54) is 17.0 Å². The predicted octanol–water partition coefficient (Wildman–Crippen LogP) is 6.02. The summed E-state index contributed by atoms with van der Waals surface area (Å²) >= 11 is 9.80. The molecule has 0 bridgehead atoms. The van der Waals surface area contributed by atoms with E-state index in [1.54, 1.807) is 66.7 Å². The van der Waals surface area contributed by atoms with Crippen molar-refractivity contribution in [3.05, 3.63) is 93.9 Å². The van der Waals surface area contributed by atoms with Gasteiger partial charge in [0.15, 0.2) is 0 Å². The molecule has 1 N–H and O–H groups in total.